The van der Waals surface area contributed by atoms with Crippen LogP contribution in [0.5, 0.6) is 5.75 Å². The van der Waals surface area contributed by atoms with E-state index in [9.17, 15) is 4.79 Å². The third-order valence-electron chi connectivity index (χ3n) is 3.27. The van der Waals surface area contributed by atoms with Gasteiger partial charge in [-0.15, -0.1) is 0 Å². The number of carboxylic acids is 1. The van der Waals surface area contributed by atoms with Crippen LogP contribution in [-0.2, 0) is 6.61 Å². The molecule has 0 saturated carbocycles. The SMILES string of the molecule is CCNC(=S)N/N=C\c1cc(Br)ccc1OCc1ccc(C(=O)O)cc1. The molecule has 0 aliphatic heterocycles. The van der Waals surface area contributed by atoms with Gasteiger partial charge in [-0.05, 0) is 55.0 Å². The Morgan fingerprint density at radius 3 is 2.69 bits per heavy atom. The first-order valence-electron chi connectivity index (χ1n) is 7.81. The summed E-state index contributed by atoms with van der Waals surface area (Å²) in [5.41, 5.74) is 4.62. The normalized spacial score (nSPS) is 10.5. The molecule has 0 unspecified atom stereocenters. The summed E-state index contributed by atoms with van der Waals surface area (Å²) in [5.74, 6) is -0.303. The standard InChI is InChI=1S/C18H18BrN3O3S/c1-2-20-18(26)22-21-10-14-9-15(19)7-8-16(14)25-11-12-3-5-13(6-4-12)17(23)24/h3-10H,2,11H2,1H3,(H,23,24)(H2,20,22,26)/b21-10-. The first-order chi connectivity index (χ1) is 12.5. The second kappa shape index (κ2) is 9.88. The number of carboxylic acid groups (broad SMARTS) is 1. The van der Waals surface area contributed by atoms with Crippen molar-refractivity contribution < 1.29 is 14.6 Å². The van der Waals surface area contributed by atoms with Crippen LogP contribution in [-0.4, -0.2) is 28.9 Å². The number of rotatable bonds is 7. The van der Waals surface area contributed by atoms with E-state index in [1.807, 2.05) is 25.1 Å². The molecule has 2 aromatic rings. The quantitative estimate of drug-likeness (QED) is 0.350. The highest BCUT2D eigenvalue weighted by atomic mass is 79.9. The minimum absolute atomic E-state index is 0.243. The van der Waals surface area contributed by atoms with Crippen LogP contribution in [0.1, 0.15) is 28.4 Å². The summed E-state index contributed by atoms with van der Waals surface area (Å²) in [5, 5.41) is 16.4. The maximum atomic E-state index is 10.9. The number of nitrogens with zero attached hydrogens (tertiary/aromatic N) is 1. The van der Waals surface area contributed by atoms with Gasteiger partial charge in [0.25, 0.3) is 0 Å². The van der Waals surface area contributed by atoms with Gasteiger partial charge in [-0.1, -0.05) is 28.1 Å². The summed E-state index contributed by atoms with van der Waals surface area (Å²) in [6.07, 6.45) is 1.62. The predicted octanol–water partition coefficient (Wildman–Crippen LogP) is 3.54. The zero-order valence-electron chi connectivity index (χ0n) is 14.0. The lowest BCUT2D eigenvalue weighted by atomic mass is 10.1. The van der Waals surface area contributed by atoms with Crippen LogP contribution in [0.3, 0.4) is 0 Å². The van der Waals surface area contributed by atoms with Gasteiger partial charge in [0.05, 0.1) is 11.8 Å². The summed E-state index contributed by atoms with van der Waals surface area (Å²) < 4.78 is 6.74. The van der Waals surface area contributed by atoms with Crippen molar-refractivity contribution in [1.29, 1.82) is 0 Å². The fraction of sp³-hybridized carbons (Fsp3) is 0.167. The van der Waals surface area contributed by atoms with Crippen molar-refractivity contribution in [2.45, 2.75) is 13.5 Å². The molecule has 0 heterocycles. The maximum absolute atomic E-state index is 10.9. The number of hydrogen-bond donors (Lipinski definition) is 3. The Labute approximate surface area is 165 Å². The molecule has 3 N–H and O–H groups in total. The monoisotopic (exact) mass is 435 g/mol. The van der Waals surface area contributed by atoms with E-state index in [1.54, 1.807) is 30.5 Å². The maximum Gasteiger partial charge on any atom is 0.335 e. The van der Waals surface area contributed by atoms with Crippen LogP contribution in [0.15, 0.2) is 52.0 Å². The topological polar surface area (TPSA) is 83.0 Å². The number of ether oxygens (including phenoxy) is 1. The molecule has 136 valence electrons. The molecule has 0 aliphatic carbocycles. The molecule has 2 rings (SSSR count). The van der Waals surface area contributed by atoms with Gasteiger partial charge in [0.15, 0.2) is 5.11 Å². The molecule has 6 nitrogen and oxygen atoms in total. The average molecular weight is 436 g/mol. The van der Waals surface area contributed by atoms with Crippen LogP contribution in [0, 0.1) is 0 Å². The summed E-state index contributed by atoms with van der Waals surface area (Å²) in [4.78, 5) is 10.9. The Bertz CT molecular complexity index is 810. The number of nitrogens with one attached hydrogen (secondary N) is 2. The summed E-state index contributed by atoms with van der Waals surface area (Å²) >= 11 is 8.48. The van der Waals surface area contributed by atoms with E-state index in [0.29, 0.717) is 24.0 Å². The molecule has 2 aromatic carbocycles. The molecule has 0 aromatic heterocycles. The van der Waals surface area contributed by atoms with Gasteiger partial charge in [-0.2, -0.15) is 5.10 Å². The minimum Gasteiger partial charge on any atom is -0.488 e. The van der Waals surface area contributed by atoms with Crippen molar-refractivity contribution in [3.63, 3.8) is 0 Å². The molecule has 26 heavy (non-hydrogen) atoms. The largest absolute Gasteiger partial charge is 0.488 e. The molecule has 0 amide bonds. The van der Waals surface area contributed by atoms with Gasteiger partial charge in [-0.3, -0.25) is 5.43 Å². The third kappa shape index (κ3) is 6.12. The number of hydrazone groups is 1. The first-order valence-corrected chi connectivity index (χ1v) is 9.01. The number of halogens is 1. The molecule has 8 heteroatoms. The Morgan fingerprint density at radius 1 is 1.31 bits per heavy atom. The van der Waals surface area contributed by atoms with E-state index >= 15 is 0 Å². The van der Waals surface area contributed by atoms with Gasteiger partial charge < -0.3 is 15.2 Å². The van der Waals surface area contributed by atoms with E-state index in [0.717, 1.165) is 15.6 Å². The number of benzene rings is 2. The Morgan fingerprint density at radius 2 is 2.04 bits per heavy atom. The summed E-state index contributed by atoms with van der Waals surface area (Å²) in [6, 6.07) is 12.1. The molecular formula is C18H18BrN3O3S. The molecular weight excluding hydrogens is 418 g/mol. The van der Waals surface area contributed by atoms with Crippen molar-refractivity contribution in [3.05, 3.63) is 63.6 Å². The number of thiocarbonyl (C=S) groups is 1. The van der Waals surface area contributed by atoms with Gasteiger partial charge in [0, 0.05) is 16.6 Å². The van der Waals surface area contributed by atoms with Crippen molar-refractivity contribution in [1.82, 2.24) is 10.7 Å². The second-order valence-corrected chi connectivity index (χ2v) is 6.53. The first kappa shape index (κ1) is 19.9. The number of carbonyl (C=O) groups is 1. The molecule has 0 radical (unpaired) electrons. The molecule has 0 spiro atoms. The van der Waals surface area contributed by atoms with Crippen LogP contribution >= 0.6 is 28.1 Å². The molecule has 0 aliphatic rings. The van der Waals surface area contributed by atoms with Crippen molar-refractivity contribution in [2.75, 3.05) is 6.54 Å². The molecule has 0 saturated heterocycles. The highest BCUT2D eigenvalue weighted by molar-refractivity contribution is 9.10. The summed E-state index contributed by atoms with van der Waals surface area (Å²) in [7, 11) is 0. The second-order valence-electron chi connectivity index (χ2n) is 5.20. The third-order valence-corrected chi connectivity index (χ3v) is 4.00. The van der Waals surface area contributed by atoms with E-state index in [-0.39, 0.29) is 5.56 Å². The Balaban J connectivity index is 2.05. The van der Waals surface area contributed by atoms with Gasteiger partial charge in [0.1, 0.15) is 12.4 Å². The highest BCUT2D eigenvalue weighted by Gasteiger charge is 2.05. The summed E-state index contributed by atoms with van der Waals surface area (Å²) in [6.45, 7) is 2.97. The lowest BCUT2D eigenvalue weighted by Crippen LogP contribution is -2.31. The molecule has 0 bridgehead atoms. The zero-order chi connectivity index (χ0) is 18.9. The zero-order valence-corrected chi connectivity index (χ0v) is 16.4. The van der Waals surface area contributed by atoms with Crippen LogP contribution in [0.25, 0.3) is 0 Å². The van der Waals surface area contributed by atoms with Crippen molar-refractivity contribution in [3.8, 4) is 5.75 Å². The van der Waals surface area contributed by atoms with Gasteiger partial charge in [0.2, 0.25) is 0 Å². The van der Waals surface area contributed by atoms with Crippen molar-refractivity contribution in [2.24, 2.45) is 5.10 Å². The molecule has 0 atom stereocenters. The van der Waals surface area contributed by atoms with Gasteiger partial charge >= 0.3 is 5.97 Å². The smallest absolute Gasteiger partial charge is 0.335 e. The predicted molar refractivity (Wildman–Crippen MR) is 109 cm³/mol. The lowest BCUT2D eigenvalue weighted by molar-refractivity contribution is 0.0697. The fourth-order valence-electron chi connectivity index (χ4n) is 2.02. The van der Waals surface area contributed by atoms with Crippen molar-refractivity contribution >= 4 is 45.4 Å². The van der Waals surface area contributed by atoms with E-state index in [4.69, 9.17) is 22.1 Å². The van der Waals surface area contributed by atoms with E-state index in [2.05, 4.69) is 31.8 Å². The van der Waals surface area contributed by atoms with Crippen LogP contribution in [0.2, 0.25) is 0 Å². The van der Waals surface area contributed by atoms with Crippen LogP contribution < -0.4 is 15.5 Å². The van der Waals surface area contributed by atoms with Gasteiger partial charge in [-0.25, -0.2) is 4.79 Å². The Kier molecular flexibility index (Phi) is 7.55. The Hall–Kier alpha value is -2.45. The minimum atomic E-state index is -0.952. The van der Waals surface area contributed by atoms with E-state index in [1.165, 1.54) is 0 Å². The van der Waals surface area contributed by atoms with E-state index < -0.39 is 5.97 Å². The molecule has 0 fully saturated rings. The number of hydrogen-bond acceptors (Lipinski definition) is 4. The number of aromatic carboxylic acids is 1. The highest BCUT2D eigenvalue weighted by Crippen LogP contribution is 2.23. The average Bonchev–Trinajstić information content (AvgIpc) is 2.61. The lowest BCUT2D eigenvalue weighted by Gasteiger charge is -2.10. The van der Waals surface area contributed by atoms with Crippen LogP contribution in [0.4, 0.5) is 0 Å². The fourth-order valence-corrected chi connectivity index (χ4v) is 2.59.